The van der Waals surface area contributed by atoms with Gasteiger partial charge >= 0.3 is 0 Å². The van der Waals surface area contributed by atoms with Crippen LogP contribution in [0, 0.1) is 0 Å². The van der Waals surface area contributed by atoms with E-state index in [0.717, 1.165) is 12.8 Å². The molecule has 1 aliphatic rings. The molecule has 2 unspecified atom stereocenters. The van der Waals surface area contributed by atoms with Gasteiger partial charge in [0, 0.05) is 5.92 Å². The van der Waals surface area contributed by atoms with Crippen molar-refractivity contribution in [3.8, 4) is 0 Å². The minimum atomic E-state index is 0. The Morgan fingerprint density at radius 3 is 2.58 bits per heavy atom. The first kappa shape index (κ1) is 18.5. The molecule has 4 heteroatoms. The van der Waals surface area contributed by atoms with Gasteiger partial charge in [0.1, 0.15) is 0 Å². The Bertz CT molecular complexity index is 660. The summed E-state index contributed by atoms with van der Waals surface area (Å²) in [6, 6.07) is 19.0. The molecule has 2 N–H and O–H groups in total. The number of hydrogen-bond acceptors (Lipinski definition) is 2. The molecular weight excluding hydrogens is 320 g/mol. The molecule has 0 bridgehead atoms. The van der Waals surface area contributed by atoms with E-state index in [1.54, 1.807) is 7.05 Å². The molecule has 128 valence electrons. The Labute approximate surface area is 150 Å². The van der Waals surface area contributed by atoms with Crippen LogP contribution in [0.15, 0.2) is 54.6 Å². The summed E-state index contributed by atoms with van der Waals surface area (Å²) >= 11 is 0. The number of hydrogen-bond donors (Lipinski definition) is 2. The van der Waals surface area contributed by atoms with Crippen molar-refractivity contribution in [1.29, 1.82) is 0 Å². The van der Waals surface area contributed by atoms with Crippen LogP contribution in [-0.4, -0.2) is 19.5 Å². The Hall–Kier alpha value is -1.84. The first-order chi connectivity index (χ1) is 11.3. The van der Waals surface area contributed by atoms with Crippen molar-refractivity contribution in [3.05, 3.63) is 71.3 Å². The van der Waals surface area contributed by atoms with Crippen molar-refractivity contribution in [2.24, 2.45) is 0 Å². The quantitative estimate of drug-likeness (QED) is 0.870. The summed E-state index contributed by atoms with van der Waals surface area (Å²) in [7, 11) is 1.80. The fraction of sp³-hybridized carbons (Fsp3) is 0.350. The van der Waals surface area contributed by atoms with Crippen molar-refractivity contribution in [1.82, 2.24) is 10.6 Å². The van der Waals surface area contributed by atoms with Crippen LogP contribution in [0.5, 0.6) is 0 Å². The molecule has 0 aliphatic heterocycles. The maximum absolute atomic E-state index is 12.2. The van der Waals surface area contributed by atoms with Crippen LogP contribution in [0.25, 0.3) is 0 Å². The van der Waals surface area contributed by atoms with E-state index >= 15 is 0 Å². The maximum Gasteiger partial charge on any atom is 0.234 e. The average Bonchev–Trinajstić information content (AvgIpc) is 2.60. The fourth-order valence-corrected chi connectivity index (χ4v) is 3.60. The normalized spacial score (nSPS) is 17.3. The van der Waals surface area contributed by atoms with E-state index in [1.165, 1.54) is 23.1 Å². The molecule has 0 heterocycles. The van der Waals surface area contributed by atoms with Crippen molar-refractivity contribution in [2.75, 3.05) is 13.6 Å². The number of halogens is 1. The van der Waals surface area contributed by atoms with Crippen molar-refractivity contribution >= 4 is 18.3 Å². The van der Waals surface area contributed by atoms with E-state index in [9.17, 15) is 4.79 Å². The average molecular weight is 345 g/mol. The lowest BCUT2D eigenvalue weighted by Crippen LogP contribution is -2.38. The number of benzene rings is 2. The molecular formula is C20H25ClN2O. The van der Waals surface area contributed by atoms with Crippen molar-refractivity contribution < 1.29 is 4.79 Å². The lowest BCUT2D eigenvalue weighted by atomic mass is 9.76. The first-order valence-electron chi connectivity index (χ1n) is 8.36. The summed E-state index contributed by atoms with van der Waals surface area (Å²) in [5.41, 5.74) is 3.99. The lowest BCUT2D eigenvalue weighted by Gasteiger charge is -2.33. The van der Waals surface area contributed by atoms with Gasteiger partial charge < -0.3 is 10.6 Å². The Morgan fingerprint density at radius 2 is 1.83 bits per heavy atom. The number of amides is 1. The number of carbonyl (C=O) groups excluding carboxylic acids is 1. The van der Waals surface area contributed by atoms with Gasteiger partial charge in [-0.15, -0.1) is 12.4 Å². The minimum absolute atomic E-state index is 0. The SMILES string of the molecule is CNCC(=O)NC(c1ccccc1)C1CCCc2ccccc21.Cl. The van der Waals surface area contributed by atoms with Crippen LogP contribution in [0.3, 0.4) is 0 Å². The van der Waals surface area contributed by atoms with E-state index in [2.05, 4.69) is 47.0 Å². The molecule has 0 radical (unpaired) electrons. The topological polar surface area (TPSA) is 41.1 Å². The number of carbonyl (C=O) groups is 1. The zero-order valence-corrected chi connectivity index (χ0v) is 14.8. The minimum Gasteiger partial charge on any atom is -0.348 e. The third-order valence-corrected chi connectivity index (χ3v) is 4.63. The zero-order valence-electron chi connectivity index (χ0n) is 14.0. The van der Waals surface area contributed by atoms with Crippen molar-refractivity contribution in [2.45, 2.75) is 31.2 Å². The molecule has 2 aromatic rings. The number of nitrogens with one attached hydrogen (secondary N) is 2. The molecule has 3 nitrogen and oxygen atoms in total. The molecule has 0 saturated carbocycles. The van der Waals surface area contributed by atoms with Gasteiger partial charge in [0.15, 0.2) is 0 Å². The van der Waals surface area contributed by atoms with E-state index in [0.29, 0.717) is 12.5 Å². The predicted molar refractivity (Wildman–Crippen MR) is 101 cm³/mol. The number of fused-ring (bicyclic) bond motifs is 1. The maximum atomic E-state index is 12.2. The largest absolute Gasteiger partial charge is 0.348 e. The second-order valence-corrected chi connectivity index (χ2v) is 6.18. The summed E-state index contributed by atoms with van der Waals surface area (Å²) in [4.78, 5) is 12.2. The first-order valence-corrected chi connectivity index (χ1v) is 8.36. The van der Waals surface area contributed by atoms with E-state index in [1.807, 2.05) is 18.2 Å². The van der Waals surface area contributed by atoms with Gasteiger partial charge in [0.25, 0.3) is 0 Å². The summed E-state index contributed by atoms with van der Waals surface area (Å²) in [6.07, 6.45) is 3.42. The third-order valence-electron chi connectivity index (χ3n) is 4.63. The molecule has 2 atom stereocenters. The molecule has 2 aromatic carbocycles. The Balaban J connectivity index is 0.00000208. The number of rotatable bonds is 5. The molecule has 0 fully saturated rings. The fourth-order valence-electron chi connectivity index (χ4n) is 3.60. The van der Waals surface area contributed by atoms with Gasteiger partial charge in [-0.1, -0.05) is 54.6 Å². The highest BCUT2D eigenvalue weighted by atomic mass is 35.5. The van der Waals surface area contributed by atoms with E-state index < -0.39 is 0 Å². The monoisotopic (exact) mass is 344 g/mol. The Morgan fingerprint density at radius 1 is 1.12 bits per heavy atom. The van der Waals surface area contributed by atoms with Crippen molar-refractivity contribution in [3.63, 3.8) is 0 Å². The Kier molecular flexibility index (Phi) is 6.83. The standard InChI is InChI=1S/C20H24N2O.ClH/c1-21-14-19(23)22-20(16-9-3-2-4-10-16)18-13-7-11-15-8-5-6-12-17(15)18;/h2-6,8-10,12,18,20-21H,7,11,13-14H2,1H3,(H,22,23);1H. The van der Waals surface area contributed by atoms with Gasteiger partial charge in [0.05, 0.1) is 12.6 Å². The summed E-state index contributed by atoms with van der Waals surface area (Å²) in [5, 5.41) is 6.18. The van der Waals surface area contributed by atoms with Gasteiger partial charge in [-0.25, -0.2) is 0 Å². The molecule has 0 aromatic heterocycles. The second-order valence-electron chi connectivity index (χ2n) is 6.18. The third kappa shape index (κ3) is 4.16. The zero-order chi connectivity index (χ0) is 16.1. The summed E-state index contributed by atoms with van der Waals surface area (Å²) in [6.45, 7) is 0.345. The van der Waals surface area contributed by atoms with Gasteiger partial charge in [-0.3, -0.25) is 4.79 Å². The van der Waals surface area contributed by atoms with Crippen LogP contribution in [0.1, 0.15) is 41.5 Å². The van der Waals surface area contributed by atoms with Crippen LogP contribution in [0.4, 0.5) is 0 Å². The molecule has 24 heavy (non-hydrogen) atoms. The van der Waals surface area contributed by atoms with Gasteiger partial charge in [-0.05, 0) is 43.0 Å². The number of likely N-dealkylation sites (N-methyl/N-ethyl adjacent to an activating group) is 1. The van der Waals surface area contributed by atoms with Gasteiger partial charge in [-0.2, -0.15) is 0 Å². The second kappa shape index (κ2) is 8.86. The molecule has 0 spiro atoms. The highest BCUT2D eigenvalue weighted by Gasteiger charge is 2.29. The van der Waals surface area contributed by atoms with Crippen LogP contribution in [0.2, 0.25) is 0 Å². The molecule has 0 saturated heterocycles. The number of aryl methyl sites for hydroxylation is 1. The molecule has 3 rings (SSSR count). The summed E-state index contributed by atoms with van der Waals surface area (Å²) in [5.74, 6) is 0.382. The molecule has 1 amide bonds. The van der Waals surface area contributed by atoms with Gasteiger partial charge in [0.2, 0.25) is 5.91 Å². The lowest BCUT2D eigenvalue weighted by molar-refractivity contribution is -0.121. The van der Waals surface area contributed by atoms with Crippen LogP contribution in [-0.2, 0) is 11.2 Å². The summed E-state index contributed by atoms with van der Waals surface area (Å²) < 4.78 is 0. The van der Waals surface area contributed by atoms with E-state index in [-0.39, 0.29) is 24.4 Å². The molecule has 1 aliphatic carbocycles. The van der Waals surface area contributed by atoms with E-state index in [4.69, 9.17) is 0 Å². The van der Waals surface area contributed by atoms with Crippen LogP contribution < -0.4 is 10.6 Å². The highest BCUT2D eigenvalue weighted by molar-refractivity contribution is 5.85. The predicted octanol–water partition coefficient (Wildman–Crippen LogP) is 3.61. The van der Waals surface area contributed by atoms with Crippen LogP contribution >= 0.6 is 12.4 Å². The smallest absolute Gasteiger partial charge is 0.234 e. The highest BCUT2D eigenvalue weighted by Crippen LogP contribution is 2.40.